The molecule has 2 nitrogen and oxygen atoms in total. The second-order valence-corrected chi connectivity index (χ2v) is 5.49. The lowest BCUT2D eigenvalue weighted by Gasteiger charge is -2.08. The molecule has 0 saturated heterocycles. The Morgan fingerprint density at radius 3 is 2.42 bits per heavy atom. The van der Waals surface area contributed by atoms with Crippen molar-refractivity contribution in [3.05, 3.63) is 56.2 Å². The van der Waals surface area contributed by atoms with E-state index in [0.717, 1.165) is 12.1 Å². The minimum absolute atomic E-state index is 0.0649. The first-order valence-corrected chi connectivity index (χ1v) is 6.80. The van der Waals surface area contributed by atoms with E-state index in [9.17, 15) is 8.78 Å². The van der Waals surface area contributed by atoms with Crippen molar-refractivity contribution in [2.24, 2.45) is 5.73 Å². The molecule has 19 heavy (non-hydrogen) atoms. The summed E-state index contributed by atoms with van der Waals surface area (Å²) in [6.45, 7) is 0. The van der Waals surface area contributed by atoms with Gasteiger partial charge in [0.1, 0.15) is 17.7 Å². The van der Waals surface area contributed by atoms with Crippen LogP contribution in [0.2, 0.25) is 0 Å². The Kier molecular flexibility index (Phi) is 3.98. The number of benzene rings is 1. The lowest BCUT2D eigenvalue weighted by molar-refractivity contribution is 0.575. The summed E-state index contributed by atoms with van der Waals surface area (Å²) in [6.07, 6.45) is 0. The molecule has 1 aromatic heterocycles. The van der Waals surface area contributed by atoms with E-state index in [1.165, 1.54) is 11.3 Å². The van der Waals surface area contributed by atoms with E-state index in [1.54, 1.807) is 17.5 Å². The van der Waals surface area contributed by atoms with E-state index < -0.39 is 11.6 Å². The fourth-order valence-electron chi connectivity index (χ4n) is 1.59. The molecule has 2 aromatic rings. The molecular weight excluding hydrogens is 334 g/mol. The van der Waals surface area contributed by atoms with Crippen LogP contribution >= 0.6 is 27.3 Å². The first-order valence-electron chi connectivity index (χ1n) is 5.13. The number of nitrogens with two attached hydrogens (primary N) is 1. The van der Waals surface area contributed by atoms with Crippen molar-refractivity contribution < 1.29 is 8.78 Å². The third-order valence-electron chi connectivity index (χ3n) is 2.42. The Morgan fingerprint density at radius 1 is 1.32 bits per heavy atom. The summed E-state index contributed by atoms with van der Waals surface area (Å²) in [5.41, 5.74) is 5.24. The molecule has 0 aliphatic rings. The predicted molar refractivity (Wildman–Crippen MR) is 75.0 cm³/mol. The second kappa shape index (κ2) is 5.51. The zero-order valence-electron chi connectivity index (χ0n) is 9.45. The molecule has 2 rings (SSSR count). The molecule has 0 saturated carbocycles. The van der Waals surface area contributed by atoms with Gasteiger partial charge in [-0.15, -0.1) is 11.3 Å². The molecule has 0 radical (unpaired) electrons. The maximum Gasteiger partial charge on any atom is 0.136 e. The van der Waals surface area contributed by atoms with Crippen LogP contribution in [0, 0.1) is 23.0 Å². The van der Waals surface area contributed by atoms with E-state index in [0.29, 0.717) is 4.88 Å². The first-order chi connectivity index (χ1) is 9.04. The first kappa shape index (κ1) is 13.7. The number of hydrogen-bond donors (Lipinski definition) is 1. The van der Waals surface area contributed by atoms with Crippen LogP contribution in [-0.2, 0) is 0 Å². The molecule has 0 aliphatic heterocycles. The predicted octanol–water partition coefficient (Wildman–Crippen LogP) is 4.14. The van der Waals surface area contributed by atoms with Gasteiger partial charge in [-0.3, -0.25) is 0 Å². The molecule has 0 atom stereocenters. The molecule has 0 fully saturated rings. The van der Waals surface area contributed by atoms with Crippen LogP contribution in [0.5, 0.6) is 0 Å². The van der Waals surface area contributed by atoms with Crippen LogP contribution in [0.3, 0.4) is 0 Å². The number of nitrogens with zero attached hydrogens (tertiary/aromatic N) is 1. The van der Waals surface area contributed by atoms with Gasteiger partial charge >= 0.3 is 0 Å². The maximum atomic E-state index is 13.8. The van der Waals surface area contributed by atoms with Crippen LogP contribution in [0.4, 0.5) is 8.78 Å². The monoisotopic (exact) mass is 340 g/mol. The Hall–Kier alpha value is -1.71. The highest BCUT2D eigenvalue weighted by Gasteiger charge is 2.18. The molecule has 1 heterocycles. The topological polar surface area (TPSA) is 49.8 Å². The molecule has 0 amide bonds. The second-order valence-electron chi connectivity index (χ2n) is 3.62. The van der Waals surface area contributed by atoms with Crippen molar-refractivity contribution in [1.29, 1.82) is 5.26 Å². The SMILES string of the molecule is N#C/C(=C(/N)c1c(F)cc(Br)cc1F)c1cccs1. The number of rotatable bonds is 2. The van der Waals surface area contributed by atoms with Crippen LogP contribution < -0.4 is 5.73 Å². The van der Waals surface area contributed by atoms with Gasteiger partial charge in [-0.25, -0.2) is 8.78 Å². The van der Waals surface area contributed by atoms with Crippen molar-refractivity contribution >= 4 is 38.5 Å². The summed E-state index contributed by atoms with van der Waals surface area (Å²) in [4.78, 5) is 0.571. The highest BCUT2D eigenvalue weighted by atomic mass is 79.9. The maximum absolute atomic E-state index is 13.8. The minimum Gasteiger partial charge on any atom is -0.397 e. The molecule has 6 heteroatoms. The Bertz CT molecular complexity index is 664. The lowest BCUT2D eigenvalue weighted by Crippen LogP contribution is -2.05. The lowest BCUT2D eigenvalue weighted by atomic mass is 10.1. The quantitative estimate of drug-likeness (QED) is 0.835. The third-order valence-corrected chi connectivity index (χ3v) is 3.77. The zero-order valence-corrected chi connectivity index (χ0v) is 11.9. The molecule has 2 N–H and O–H groups in total. The largest absolute Gasteiger partial charge is 0.397 e. The van der Waals surface area contributed by atoms with Gasteiger partial charge in [0.2, 0.25) is 0 Å². The average molecular weight is 341 g/mol. The molecule has 0 bridgehead atoms. The minimum atomic E-state index is -0.811. The van der Waals surface area contributed by atoms with Gasteiger partial charge in [0.25, 0.3) is 0 Å². The van der Waals surface area contributed by atoms with E-state index >= 15 is 0 Å². The molecular formula is C13H7BrF2N2S. The van der Waals surface area contributed by atoms with Gasteiger partial charge < -0.3 is 5.73 Å². The average Bonchev–Trinajstić information content (AvgIpc) is 2.82. The van der Waals surface area contributed by atoms with Crippen molar-refractivity contribution in [2.75, 3.05) is 0 Å². The smallest absolute Gasteiger partial charge is 0.136 e. The van der Waals surface area contributed by atoms with Crippen molar-refractivity contribution in [3.8, 4) is 6.07 Å². The Morgan fingerprint density at radius 2 is 1.95 bits per heavy atom. The summed E-state index contributed by atoms with van der Waals surface area (Å²) in [7, 11) is 0. The van der Waals surface area contributed by atoms with Crippen LogP contribution in [0.1, 0.15) is 10.4 Å². The van der Waals surface area contributed by atoms with Gasteiger partial charge in [0.15, 0.2) is 0 Å². The van der Waals surface area contributed by atoms with Crippen molar-refractivity contribution in [1.82, 2.24) is 0 Å². The number of allylic oxidation sites excluding steroid dienone is 1. The zero-order chi connectivity index (χ0) is 14.0. The van der Waals surface area contributed by atoms with E-state index in [1.807, 2.05) is 6.07 Å². The van der Waals surface area contributed by atoms with Gasteiger partial charge in [-0.1, -0.05) is 22.0 Å². The van der Waals surface area contributed by atoms with Crippen molar-refractivity contribution in [3.63, 3.8) is 0 Å². The van der Waals surface area contributed by atoms with Crippen LogP contribution in [0.15, 0.2) is 34.1 Å². The fraction of sp³-hybridized carbons (Fsp3) is 0. The van der Waals surface area contributed by atoms with Gasteiger partial charge in [-0.2, -0.15) is 5.26 Å². The Balaban J connectivity index is 2.67. The molecule has 96 valence electrons. The summed E-state index contributed by atoms with van der Waals surface area (Å²) < 4.78 is 27.9. The van der Waals surface area contributed by atoms with E-state index in [-0.39, 0.29) is 21.3 Å². The summed E-state index contributed by atoms with van der Waals surface area (Å²) in [5.74, 6) is -1.62. The number of nitriles is 1. The number of thiophene rings is 1. The summed E-state index contributed by atoms with van der Waals surface area (Å²) in [6, 6.07) is 7.51. The van der Waals surface area contributed by atoms with Crippen LogP contribution in [0.25, 0.3) is 11.3 Å². The summed E-state index contributed by atoms with van der Waals surface area (Å²) in [5, 5.41) is 10.9. The van der Waals surface area contributed by atoms with E-state index in [4.69, 9.17) is 11.0 Å². The highest BCUT2D eigenvalue weighted by molar-refractivity contribution is 9.10. The molecule has 1 aromatic carbocycles. The highest BCUT2D eigenvalue weighted by Crippen LogP contribution is 2.30. The number of hydrogen-bond acceptors (Lipinski definition) is 3. The summed E-state index contributed by atoms with van der Waals surface area (Å²) >= 11 is 4.27. The number of halogens is 3. The molecule has 0 unspecified atom stereocenters. The fourth-order valence-corrected chi connectivity index (χ4v) is 2.73. The van der Waals surface area contributed by atoms with Gasteiger partial charge in [0.05, 0.1) is 16.8 Å². The normalized spacial score (nSPS) is 11.9. The van der Waals surface area contributed by atoms with Gasteiger partial charge in [-0.05, 0) is 23.6 Å². The standard InChI is InChI=1S/C13H7BrF2N2S/c14-7-4-9(15)12(10(16)5-7)13(18)8(6-17)11-2-1-3-19-11/h1-5H,18H2/b13-8-. The molecule has 0 spiro atoms. The third kappa shape index (κ3) is 2.67. The Labute approximate surface area is 120 Å². The van der Waals surface area contributed by atoms with Gasteiger partial charge in [0, 0.05) is 9.35 Å². The van der Waals surface area contributed by atoms with Crippen LogP contribution in [-0.4, -0.2) is 0 Å². The van der Waals surface area contributed by atoms with Crippen molar-refractivity contribution in [2.45, 2.75) is 0 Å². The molecule has 0 aliphatic carbocycles. The van der Waals surface area contributed by atoms with E-state index in [2.05, 4.69) is 15.9 Å².